The normalized spacial score (nSPS) is 9.97. The fraction of sp³-hybridized carbons (Fsp3) is 0.348. The van der Waals surface area contributed by atoms with Crippen molar-refractivity contribution in [3.63, 3.8) is 0 Å². The summed E-state index contributed by atoms with van der Waals surface area (Å²) in [5.74, 6) is -2.87. The van der Waals surface area contributed by atoms with Crippen molar-refractivity contribution < 1.29 is 18.0 Å². The highest BCUT2D eigenvalue weighted by atomic mass is 19.2. The van der Waals surface area contributed by atoms with Gasteiger partial charge in [0.2, 0.25) is 0 Å². The summed E-state index contributed by atoms with van der Waals surface area (Å²) in [6.45, 7) is 12.0. The first-order valence-corrected chi connectivity index (χ1v) is 9.88. The van der Waals surface area contributed by atoms with Crippen molar-refractivity contribution in [1.82, 2.24) is 10.3 Å². The summed E-state index contributed by atoms with van der Waals surface area (Å²) < 4.78 is 40.1. The maximum absolute atomic E-state index is 13.9. The molecule has 1 amide bonds. The highest BCUT2D eigenvalue weighted by Crippen LogP contribution is 2.27. The summed E-state index contributed by atoms with van der Waals surface area (Å²) in [5.41, 5.74) is 3.22. The molecule has 2 N–H and O–H groups in total. The summed E-state index contributed by atoms with van der Waals surface area (Å²) in [6, 6.07) is 6.14. The Balaban J connectivity index is 0.000000989. The van der Waals surface area contributed by atoms with Crippen LogP contribution in [-0.4, -0.2) is 17.4 Å². The average Bonchev–Trinajstić information content (AvgIpc) is 3.07. The third-order valence-electron chi connectivity index (χ3n) is 4.27. The molecule has 3 rings (SSSR count). The number of H-pyrrole nitrogens is 1. The van der Waals surface area contributed by atoms with Crippen molar-refractivity contribution in [3.8, 4) is 0 Å². The standard InChI is InChI=1S/C19H17F3N2O.2C2H6/c1-10-3-5-15(21)18-17(10)13(11(2)24-18)7-8-23-19(25)12-4-6-14(20)16(22)9-12;2*1-2/h3-6,9,24H,7-8H2,1-2H3,(H,23,25);2*1-2H3. The van der Waals surface area contributed by atoms with Crippen molar-refractivity contribution in [1.29, 1.82) is 0 Å². The summed E-state index contributed by atoms with van der Waals surface area (Å²) in [5, 5.41) is 3.49. The molecule has 158 valence electrons. The van der Waals surface area contributed by atoms with Gasteiger partial charge in [0.25, 0.3) is 5.91 Å². The van der Waals surface area contributed by atoms with Crippen LogP contribution >= 0.6 is 0 Å². The molecule has 0 bridgehead atoms. The number of nitrogens with one attached hydrogen (secondary N) is 2. The number of rotatable bonds is 4. The molecule has 0 saturated carbocycles. The third-order valence-corrected chi connectivity index (χ3v) is 4.27. The van der Waals surface area contributed by atoms with Gasteiger partial charge in [-0.15, -0.1) is 0 Å². The van der Waals surface area contributed by atoms with Crippen molar-refractivity contribution in [2.75, 3.05) is 6.54 Å². The highest BCUT2D eigenvalue weighted by Gasteiger charge is 2.15. The molecule has 0 aliphatic heterocycles. The average molecular weight is 406 g/mol. The predicted molar refractivity (Wildman–Crippen MR) is 113 cm³/mol. The van der Waals surface area contributed by atoms with E-state index < -0.39 is 17.5 Å². The SMILES string of the molecule is CC.CC.Cc1[nH]c2c(F)ccc(C)c2c1CCNC(=O)c1ccc(F)c(F)c1. The summed E-state index contributed by atoms with van der Waals surface area (Å²) >= 11 is 0. The molecule has 0 fully saturated rings. The van der Waals surface area contributed by atoms with Gasteiger partial charge in [0, 0.05) is 23.2 Å². The van der Waals surface area contributed by atoms with Crippen LogP contribution in [0.5, 0.6) is 0 Å². The van der Waals surface area contributed by atoms with E-state index in [-0.39, 0.29) is 11.4 Å². The number of hydrogen-bond acceptors (Lipinski definition) is 1. The Bertz CT molecular complexity index is 964. The van der Waals surface area contributed by atoms with E-state index in [0.29, 0.717) is 18.5 Å². The van der Waals surface area contributed by atoms with Gasteiger partial charge in [0.05, 0.1) is 5.52 Å². The third kappa shape index (κ3) is 5.62. The van der Waals surface area contributed by atoms with E-state index in [1.807, 2.05) is 41.5 Å². The Kier molecular flexibility index (Phi) is 9.45. The van der Waals surface area contributed by atoms with Crippen LogP contribution in [0.3, 0.4) is 0 Å². The van der Waals surface area contributed by atoms with Gasteiger partial charge < -0.3 is 10.3 Å². The summed E-state index contributed by atoms with van der Waals surface area (Å²) in [6.07, 6.45) is 0.492. The van der Waals surface area contributed by atoms with Crippen LogP contribution in [0.15, 0.2) is 30.3 Å². The molecule has 3 aromatic rings. The van der Waals surface area contributed by atoms with Gasteiger partial charge >= 0.3 is 0 Å². The molecule has 3 nitrogen and oxygen atoms in total. The Morgan fingerprint density at radius 3 is 2.17 bits per heavy atom. The zero-order valence-electron chi connectivity index (χ0n) is 17.8. The van der Waals surface area contributed by atoms with Gasteiger partial charge in [-0.05, 0) is 55.7 Å². The van der Waals surface area contributed by atoms with Crippen LogP contribution < -0.4 is 5.32 Å². The van der Waals surface area contributed by atoms with Crippen molar-refractivity contribution in [3.05, 3.63) is 70.2 Å². The lowest BCUT2D eigenvalue weighted by Gasteiger charge is -2.07. The molecular formula is C23H29F3N2O. The minimum atomic E-state index is -1.06. The summed E-state index contributed by atoms with van der Waals surface area (Å²) in [7, 11) is 0. The van der Waals surface area contributed by atoms with Gasteiger partial charge in [-0.3, -0.25) is 4.79 Å². The number of hydrogen-bond donors (Lipinski definition) is 2. The van der Waals surface area contributed by atoms with Gasteiger partial charge in [-0.1, -0.05) is 33.8 Å². The Morgan fingerprint density at radius 2 is 1.55 bits per heavy atom. The first-order valence-electron chi connectivity index (χ1n) is 9.88. The first-order chi connectivity index (χ1) is 13.9. The molecule has 0 atom stereocenters. The number of benzene rings is 2. The largest absolute Gasteiger partial charge is 0.356 e. The maximum atomic E-state index is 13.9. The smallest absolute Gasteiger partial charge is 0.251 e. The number of carbonyl (C=O) groups excluding carboxylic acids is 1. The van der Waals surface area contributed by atoms with Gasteiger partial charge in [-0.25, -0.2) is 13.2 Å². The second kappa shape index (κ2) is 11.3. The van der Waals surface area contributed by atoms with E-state index in [0.717, 1.165) is 34.3 Å². The van der Waals surface area contributed by atoms with Gasteiger partial charge in [-0.2, -0.15) is 0 Å². The maximum Gasteiger partial charge on any atom is 0.251 e. The van der Waals surface area contributed by atoms with Crippen LogP contribution in [-0.2, 0) is 6.42 Å². The Morgan fingerprint density at radius 1 is 0.931 bits per heavy atom. The minimum absolute atomic E-state index is 0.0526. The molecule has 29 heavy (non-hydrogen) atoms. The van der Waals surface area contributed by atoms with Crippen LogP contribution in [0.1, 0.15) is 54.9 Å². The number of fused-ring (bicyclic) bond motifs is 1. The monoisotopic (exact) mass is 406 g/mol. The predicted octanol–water partition coefficient (Wildman–Crippen LogP) is 6.23. The molecule has 0 aliphatic carbocycles. The fourth-order valence-electron chi connectivity index (χ4n) is 3.00. The first kappa shape index (κ1) is 24.3. The topological polar surface area (TPSA) is 44.9 Å². The lowest BCUT2D eigenvalue weighted by atomic mass is 10.0. The molecule has 1 aromatic heterocycles. The number of carbonyl (C=O) groups is 1. The molecule has 0 aliphatic rings. The van der Waals surface area contributed by atoms with E-state index in [1.165, 1.54) is 12.1 Å². The van der Waals surface area contributed by atoms with Gasteiger partial charge in [0.15, 0.2) is 11.6 Å². The lowest BCUT2D eigenvalue weighted by molar-refractivity contribution is 0.0953. The van der Waals surface area contributed by atoms with Crippen LogP contribution in [0.2, 0.25) is 0 Å². The fourth-order valence-corrected chi connectivity index (χ4v) is 3.00. The molecule has 0 unspecified atom stereocenters. The van der Waals surface area contributed by atoms with Gasteiger partial charge in [0.1, 0.15) is 5.82 Å². The zero-order valence-corrected chi connectivity index (χ0v) is 17.8. The number of aromatic amines is 1. The second-order valence-electron chi connectivity index (χ2n) is 5.98. The second-order valence-corrected chi connectivity index (χ2v) is 5.98. The lowest BCUT2D eigenvalue weighted by Crippen LogP contribution is -2.26. The molecule has 0 radical (unpaired) electrons. The van der Waals surface area contributed by atoms with E-state index in [4.69, 9.17) is 0 Å². The van der Waals surface area contributed by atoms with Crippen LogP contribution in [0.4, 0.5) is 13.2 Å². The molecule has 6 heteroatoms. The minimum Gasteiger partial charge on any atom is -0.356 e. The van der Waals surface area contributed by atoms with E-state index >= 15 is 0 Å². The summed E-state index contributed by atoms with van der Waals surface area (Å²) in [4.78, 5) is 15.1. The van der Waals surface area contributed by atoms with Crippen LogP contribution in [0.25, 0.3) is 10.9 Å². The number of amides is 1. The molecule has 0 saturated heterocycles. The van der Waals surface area contributed by atoms with E-state index in [2.05, 4.69) is 10.3 Å². The number of aromatic nitrogens is 1. The number of halogens is 3. The van der Waals surface area contributed by atoms with E-state index in [9.17, 15) is 18.0 Å². The molecule has 2 aromatic carbocycles. The van der Waals surface area contributed by atoms with E-state index in [1.54, 1.807) is 6.07 Å². The highest BCUT2D eigenvalue weighted by molar-refractivity contribution is 5.94. The Hall–Kier alpha value is -2.76. The van der Waals surface area contributed by atoms with Crippen molar-refractivity contribution in [2.45, 2.75) is 48.0 Å². The molecular weight excluding hydrogens is 377 g/mol. The Labute approximate surface area is 170 Å². The molecule has 0 spiro atoms. The van der Waals surface area contributed by atoms with Crippen molar-refractivity contribution >= 4 is 16.8 Å². The molecule has 1 heterocycles. The zero-order chi connectivity index (χ0) is 22.1. The van der Waals surface area contributed by atoms with Crippen molar-refractivity contribution in [2.24, 2.45) is 0 Å². The van der Waals surface area contributed by atoms with Crippen LogP contribution in [0, 0.1) is 31.3 Å². The number of aryl methyl sites for hydroxylation is 2. The quantitative estimate of drug-likeness (QED) is 0.530.